The van der Waals surface area contributed by atoms with Gasteiger partial charge in [0.1, 0.15) is 11.0 Å². The van der Waals surface area contributed by atoms with E-state index < -0.39 is 5.25 Å². The van der Waals surface area contributed by atoms with Gasteiger partial charge in [0.05, 0.1) is 10.7 Å². The quantitative estimate of drug-likeness (QED) is 0.217. The maximum atomic E-state index is 13.3. The van der Waals surface area contributed by atoms with Crippen LogP contribution in [0.25, 0.3) is 0 Å². The van der Waals surface area contributed by atoms with Gasteiger partial charge in [0, 0.05) is 15.6 Å². The zero-order valence-electron chi connectivity index (χ0n) is 19.0. The molecule has 1 unspecified atom stereocenters. The predicted octanol–water partition coefficient (Wildman–Crippen LogP) is 7.48. The first-order valence-electron chi connectivity index (χ1n) is 11.0. The third-order valence-electron chi connectivity index (χ3n) is 5.01. The Hall–Kier alpha value is -3.45. The molecule has 0 heterocycles. The number of benzene rings is 4. The van der Waals surface area contributed by atoms with Crippen LogP contribution in [0, 0.1) is 0 Å². The monoisotopic (exact) mass is 536 g/mol. The number of thioether (sulfide) groups is 1. The minimum Gasteiger partial charge on any atom is -0.484 e. The average molecular weight is 537 g/mol. The van der Waals surface area contributed by atoms with Crippen molar-refractivity contribution in [1.29, 1.82) is 0 Å². The smallest absolute Gasteiger partial charge is 0.262 e. The van der Waals surface area contributed by atoms with Crippen LogP contribution in [0.4, 0.5) is 11.4 Å². The number of ether oxygens (including phenoxy) is 1. The Morgan fingerprint density at radius 2 is 1.53 bits per heavy atom. The van der Waals surface area contributed by atoms with Gasteiger partial charge in [-0.2, -0.15) is 0 Å². The summed E-state index contributed by atoms with van der Waals surface area (Å²) in [5.74, 6) is 0.0866. The van der Waals surface area contributed by atoms with Crippen LogP contribution in [0.2, 0.25) is 10.0 Å². The Kier molecular flexibility index (Phi) is 8.90. The molecule has 5 nitrogen and oxygen atoms in total. The molecule has 0 aliphatic rings. The summed E-state index contributed by atoms with van der Waals surface area (Å²) in [6, 6.07) is 30.8. The summed E-state index contributed by atoms with van der Waals surface area (Å²) in [6.45, 7) is -0.114. The lowest BCUT2D eigenvalue weighted by Gasteiger charge is -2.18. The van der Waals surface area contributed by atoms with Crippen LogP contribution in [-0.2, 0) is 9.59 Å². The number of hydrogen-bond acceptors (Lipinski definition) is 4. The van der Waals surface area contributed by atoms with Crippen LogP contribution in [0.3, 0.4) is 0 Å². The highest BCUT2D eigenvalue weighted by Crippen LogP contribution is 2.38. The molecule has 0 saturated carbocycles. The van der Waals surface area contributed by atoms with Crippen molar-refractivity contribution in [2.24, 2.45) is 0 Å². The summed E-state index contributed by atoms with van der Waals surface area (Å²) < 4.78 is 5.51. The molecule has 4 rings (SSSR count). The summed E-state index contributed by atoms with van der Waals surface area (Å²) in [6.07, 6.45) is 0. The molecule has 0 fully saturated rings. The summed E-state index contributed by atoms with van der Waals surface area (Å²) in [5.41, 5.74) is 1.87. The average Bonchev–Trinajstić information content (AvgIpc) is 2.89. The van der Waals surface area contributed by atoms with E-state index in [1.807, 2.05) is 66.7 Å². The lowest BCUT2D eigenvalue weighted by Crippen LogP contribution is -2.20. The summed E-state index contributed by atoms with van der Waals surface area (Å²) in [7, 11) is 0. The first-order valence-corrected chi connectivity index (χ1v) is 12.7. The minimum atomic E-state index is -0.575. The van der Waals surface area contributed by atoms with E-state index in [4.69, 9.17) is 27.9 Å². The summed E-state index contributed by atoms with van der Waals surface area (Å²) >= 11 is 13.7. The van der Waals surface area contributed by atoms with E-state index >= 15 is 0 Å². The van der Waals surface area contributed by atoms with Crippen LogP contribution in [0.1, 0.15) is 10.8 Å². The largest absolute Gasteiger partial charge is 0.484 e. The standard InChI is InChI=1S/C28H22Cl2N2O3S/c29-20-14-15-24(30)25(16-20)32-28(34)27(19-8-3-1-4-9-19)36-23-13-7-10-21(17-23)31-26(33)18-35-22-11-5-2-6-12-22/h1-17,27H,18H2,(H,31,33)(H,32,34). The van der Waals surface area contributed by atoms with Crippen LogP contribution in [-0.4, -0.2) is 18.4 Å². The zero-order chi connectivity index (χ0) is 25.3. The normalized spacial score (nSPS) is 11.4. The Bertz CT molecular complexity index is 1340. The number of halogens is 2. The van der Waals surface area contributed by atoms with Gasteiger partial charge in [0.25, 0.3) is 5.91 Å². The van der Waals surface area contributed by atoms with E-state index in [9.17, 15) is 9.59 Å². The molecule has 0 aliphatic heterocycles. The van der Waals surface area contributed by atoms with Crippen molar-refractivity contribution in [1.82, 2.24) is 0 Å². The molecule has 0 saturated heterocycles. The molecule has 0 aromatic heterocycles. The highest BCUT2D eigenvalue weighted by molar-refractivity contribution is 8.00. The molecule has 0 radical (unpaired) electrons. The number of carbonyl (C=O) groups excluding carboxylic acids is 2. The number of carbonyl (C=O) groups is 2. The van der Waals surface area contributed by atoms with Crippen molar-refractivity contribution in [3.63, 3.8) is 0 Å². The molecule has 36 heavy (non-hydrogen) atoms. The fraction of sp³-hybridized carbons (Fsp3) is 0.0714. The van der Waals surface area contributed by atoms with E-state index in [2.05, 4.69) is 10.6 Å². The van der Waals surface area contributed by atoms with Gasteiger partial charge < -0.3 is 15.4 Å². The van der Waals surface area contributed by atoms with Crippen LogP contribution in [0.5, 0.6) is 5.75 Å². The van der Waals surface area contributed by atoms with E-state index in [-0.39, 0.29) is 18.4 Å². The van der Waals surface area contributed by atoms with Gasteiger partial charge in [0.2, 0.25) is 5.91 Å². The highest BCUT2D eigenvalue weighted by Gasteiger charge is 2.23. The molecule has 4 aromatic rings. The van der Waals surface area contributed by atoms with E-state index in [0.717, 1.165) is 10.5 Å². The molecule has 0 bridgehead atoms. The molecule has 0 spiro atoms. The van der Waals surface area contributed by atoms with Crippen LogP contribution >= 0.6 is 35.0 Å². The summed E-state index contributed by atoms with van der Waals surface area (Å²) in [5, 5.41) is 6.02. The van der Waals surface area contributed by atoms with Gasteiger partial charge in [-0.05, 0) is 54.1 Å². The van der Waals surface area contributed by atoms with E-state index in [1.54, 1.807) is 36.4 Å². The van der Waals surface area contributed by atoms with Gasteiger partial charge >= 0.3 is 0 Å². The molecule has 0 aliphatic carbocycles. The van der Waals surface area contributed by atoms with Gasteiger partial charge in [-0.15, -0.1) is 11.8 Å². The van der Waals surface area contributed by atoms with Crippen LogP contribution < -0.4 is 15.4 Å². The Labute approximate surface area is 223 Å². The van der Waals surface area contributed by atoms with Crippen LogP contribution in [0.15, 0.2) is 108 Å². The lowest BCUT2D eigenvalue weighted by atomic mass is 10.1. The van der Waals surface area contributed by atoms with Crippen molar-refractivity contribution in [2.75, 3.05) is 17.2 Å². The summed E-state index contributed by atoms with van der Waals surface area (Å²) in [4.78, 5) is 26.5. The maximum Gasteiger partial charge on any atom is 0.262 e. The number of hydrogen-bond donors (Lipinski definition) is 2. The number of nitrogens with one attached hydrogen (secondary N) is 2. The van der Waals surface area contributed by atoms with Crippen molar-refractivity contribution in [3.8, 4) is 5.75 Å². The molecule has 2 amide bonds. The fourth-order valence-corrected chi connectivity index (χ4v) is 4.76. The third kappa shape index (κ3) is 7.28. The fourth-order valence-electron chi connectivity index (χ4n) is 3.34. The number of amides is 2. The SMILES string of the molecule is O=C(COc1ccccc1)Nc1cccc(SC(C(=O)Nc2cc(Cl)ccc2Cl)c2ccccc2)c1. The molecular formula is C28H22Cl2N2O3S. The second kappa shape index (κ2) is 12.5. The predicted molar refractivity (Wildman–Crippen MR) is 147 cm³/mol. The molecule has 2 N–H and O–H groups in total. The van der Waals surface area contributed by atoms with Gasteiger partial charge in [-0.3, -0.25) is 9.59 Å². The number of para-hydroxylation sites is 1. The third-order valence-corrected chi connectivity index (χ3v) is 6.82. The Balaban J connectivity index is 1.47. The zero-order valence-corrected chi connectivity index (χ0v) is 21.3. The molecule has 8 heteroatoms. The van der Waals surface area contributed by atoms with Crippen molar-refractivity contribution < 1.29 is 14.3 Å². The van der Waals surface area contributed by atoms with Gasteiger partial charge in [0.15, 0.2) is 6.61 Å². The second-order valence-corrected chi connectivity index (χ2v) is 9.72. The van der Waals surface area contributed by atoms with Gasteiger partial charge in [-0.25, -0.2) is 0 Å². The second-order valence-electron chi connectivity index (χ2n) is 7.70. The van der Waals surface area contributed by atoms with E-state index in [0.29, 0.717) is 27.2 Å². The van der Waals surface area contributed by atoms with E-state index in [1.165, 1.54) is 11.8 Å². The van der Waals surface area contributed by atoms with Crippen molar-refractivity contribution in [3.05, 3.63) is 119 Å². The first-order chi connectivity index (χ1) is 17.5. The highest BCUT2D eigenvalue weighted by atomic mass is 35.5. The Morgan fingerprint density at radius 3 is 2.28 bits per heavy atom. The van der Waals surface area contributed by atoms with Crippen molar-refractivity contribution >= 4 is 58.2 Å². The molecule has 182 valence electrons. The van der Waals surface area contributed by atoms with Crippen molar-refractivity contribution in [2.45, 2.75) is 10.1 Å². The molecular weight excluding hydrogens is 515 g/mol. The van der Waals surface area contributed by atoms with Gasteiger partial charge in [-0.1, -0.05) is 77.8 Å². The molecule has 4 aromatic carbocycles. The topological polar surface area (TPSA) is 67.4 Å². The maximum absolute atomic E-state index is 13.3. The Morgan fingerprint density at radius 1 is 0.806 bits per heavy atom. The number of rotatable bonds is 9. The lowest BCUT2D eigenvalue weighted by molar-refractivity contribution is -0.118. The number of anilines is 2. The first kappa shape index (κ1) is 25.6. The molecule has 1 atom stereocenters. The minimum absolute atomic E-state index is 0.114.